The number of aromatic hydroxyl groups is 1. The van der Waals surface area contributed by atoms with Gasteiger partial charge in [0.2, 0.25) is 0 Å². The van der Waals surface area contributed by atoms with Crippen molar-refractivity contribution in [1.29, 1.82) is 0 Å². The Morgan fingerprint density at radius 3 is 2.47 bits per heavy atom. The summed E-state index contributed by atoms with van der Waals surface area (Å²) in [4.78, 5) is 4.19. The molecule has 0 amide bonds. The number of benzene rings is 1. The number of phenols is 1. The fourth-order valence-corrected chi connectivity index (χ4v) is 1.04. The van der Waals surface area contributed by atoms with Crippen molar-refractivity contribution in [3.8, 4) is 5.75 Å². The van der Waals surface area contributed by atoms with Crippen molar-refractivity contribution in [2.45, 2.75) is 20.4 Å². The Labute approximate surface area is 88.6 Å². The van der Waals surface area contributed by atoms with Crippen LogP contribution >= 0.6 is 0 Å². The second-order valence-corrected chi connectivity index (χ2v) is 3.22. The van der Waals surface area contributed by atoms with E-state index in [0.29, 0.717) is 18.0 Å². The third-order valence-corrected chi connectivity index (χ3v) is 2.15. The average molecular weight is 206 g/mol. The summed E-state index contributed by atoms with van der Waals surface area (Å²) in [7, 11) is 0. The molecule has 15 heavy (non-hydrogen) atoms. The van der Waals surface area contributed by atoms with Crippen molar-refractivity contribution in [3.63, 3.8) is 0 Å². The van der Waals surface area contributed by atoms with Crippen LogP contribution in [0.5, 0.6) is 5.75 Å². The van der Waals surface area contributed by atoms with E-state index in [4.69, 9.17) is 5.21 Å². The van der Waals surface area contributed by atoms with E-state index in [0.717, 1.165) is 5.56 Å². The second kappa shape index (κ2) is 5.14. The Morgan fingerprint density at radius 1 is 1.20 bits per heavy atom. The first kappa shape index (κ1) is 11.2. The van der Waals surface area contributed by atoms with Gasteiger partial charge in [0.25, 0.3) is 0 Å². The van der Waals surface area contributed by atoms with Gasteiger partial charge in [-0.15, -0.1) is 0 Å². The second-order valence-electron chi connectivity index (χ2n) is 3.22. The molecule has 0 fully saturated rings. The number of nitrogens with zero attached hydrogens (tertiary/aromatic N) is 2. The van der Waals surface area contributed by atoms with Crippen LogP contribution in [0.4, 0.5) is 0 Å². The van der Waals surface area contributed by atoms with E-state index in [9.17, 15) is 5.11 Å². The van der Waals surface area contributed by atoms with E-state index in [1.54, 1.807) is 32.0 Å². The van der Waals surface area contributed by atoms with Crippen LogP contribution in [0, 0.1) is 0 Å². The van der Waals surface area contributed by atoms with E-state index in [-0.39, 0.29) is 5.75 Å². The molecule has 1 aromatic carbocycles. The average Bonchev–Trinajstić information content (AvgIpc) is 2.26. The summed E-state index contributed by atoms with van der Waals surface area (Å²) in [6.07, 6.45) is 0. The van der Waals surface area contributed by atoms with Gasteiger partial charge >= 0.3 is 0 Å². The molecule has 2 N–H and O–H groups in total. The lowest BCUT2D eigenvalue weighted by Crippen LogP contribution is -2.05. The van der Waals surface area contributed by atoms with E-state index in [2.05, 4.69) is 10.1 Å². The lowest BCUT2D eigenvalue weighted by molar-refractivity contribution is 0.320. The highest BCUT2D eigenvalue weighted by Crippen LogP contribution is 2.16. The molecule has 0 bridgehead atoms. The van der Waals surface area contributed by atoms with E-state index < -0.39 is 0 Å². The van der Waals surface area contributed by atoms with Crippen molar-refractivity contribution in [2.24, 2.45) is 10.1 Å². The zero-order valence-corrected chi connectivity index (χ0v) is 8.81. The molecular formula is C11H14N2O2. The Hall–Kier alpha value is -1.84. The summed E-state index contributed by atoms with van der Waals surface area (Å²) in [6, 6.07) is 7.02. The molecule has 0 radical (unpaired) electrons. The molecule has 80 valence electrons. The number of hydrogen-bond donors (Lipinski definition) is 2. The lowest BCUT2D eigenvalue weighted by atomic mass is 10.2. The summed E-state index contributed by atoms with van der Waals surface area (Å²) in [5.74, 6) is 0.229. The monoisotopic (exact) mass is 206 g/mol. The first-order chi connectivity index (χ1) is 7.15. The van der Waals surface area contributed by atoms with Crippen LogP contribution in [-0.4, -0.2) is 21.7 Å². The molecule has 0 saturated carbocycles. The topological polar surface area (TPSA) is 65.2 Å². The number of rotatable bonds is 3. The van der Waals surface area contributed by atoms with Crippen molar-refractivity contribution < 1.29 is 10.3 Å². The molecule has 0 spiro atoms. The van der Waals surface area contributed by atoms with Gasteiger partial charge in [0.15, 0.2) is 0 Å². The standard InChI is InChI=1S/C11H14N2O2/c1-8(9(2)13-15)12-7-10-5-3-4-6-11(10)14/h3-6,14-15H,7H2,1-2H3/b12-8?,13-9+. The summed E-state index contributed by atoms with van der Waals surface area (Å²) in [6.45, 7) is 3.81. The Balaban J connectivity index is 2.77. The summed E-state index contributed by atoms with van der Waals surface area (Å²) in [5.41, 5.74) is 1.88. The van der Waals surface area contributed by atoms with Crippen LogP contribution in [-0.2, 0) is 6.54 Å². The maximum Gasteiger partial charge on any atom is 0.120 e. The van der Waals surface area contributed by atoms with Gasteiger partial charge in [-0.05, 0) is 19.9 Å². The first-order valence-corrected chi connectivity index (χ1v) is 4.62. The van der Waals surface area contributed by atoms with E-state index in [1.165, 1.54) is 0 Å². The molecule has 0 atom stereocenters. The largest absolute Gasteiger partial charge is 0.508 e. The fourth-order valence-electron chi connectivity index (χ4n) is 1.04. The maximum absolute atomic E-state index is 9.47. The van der Waals surface area contributed by atoms with Gasteiger partial charge in [-0.3, -0.25) is 4.99 Å². The quantitative estimate of drug-likeness (QED) is 0.452. The predicted molar refractivity (Wildman–Crippen MR) is 59.8 cm³/mol. The third-order valence-electron chi connectivity index (χ3n) is 2.15. The smallest absolute Gasteiger partial charge is 0.120 e. The Bertz CT molecular complexity index is 397. The molecule has 1 rings (SSSR count). The van der Waals surface area contributed by atoms with Gasteiger partial charge in [0.1, 0.15) is 5.75 Å². The van der Waals surface area contributed by atoms with E-state index in [1.807, 2.05) is 6.07 Å². The Morgan fingerprint density at radius 2 is 1.87 bits per heavy atom. The molecule has 0 unspecified atom stereocenters. The van der Waals surface area contributed by atoms with Gasteiger partial charge in [-0.1, -0.05) is 23.4 Å². The van der Waals surface area contributed by atoms with Crippen molar-refractivity contribution >= 4 is 11.4 Å². The highest BCUT2D eigenvalue weighted by molar-refractivity contribution is 6.40. The summed E-state index contributed by atoms with van der Waals surface area (Å²) < 4.78 is 0. The van der Waals surface area contributed by atoms with Crippen molar-refractivity contribution in [2.75, 3.05) is 0 Å². The number of oxime groups is 1. The van der Waals surface area contributed by atoms with Gasteiger partial charge in [0, 0.05) is 5.56 Å². The number of phenolic OH excluding ortho intramolecular Hbond substituents is 1. The first-order valence-electron chi connectivity index (χ1n) is 4.62. The zero-order valence-electron chi connectivity index (χ0n) is 8.81. The minimum absolute atomic E-state index is 0.229. The maximum atomic E-state index is 9.47. The van der Waals surface area contributed by atoms with Gasteiger partial charge in [-0.25, -0.2) is 0 Å². The summed E-state index contributed by atoms with van der Waals surface area (Å²) in [5, 5.41) is 21.0. The van der Waals surface area contributed by atoms with Gasteiger partial charge < -0.3 is 10.3 Å². The number of aliphatic imine (C=N–C) groups is 1. The summed E-state index contributed by atoms with van der Waals surface area (Å²) >= 11 is 0. The lowest BCUT2D eigenvalue weighted by Gasteiger charge is -2.01. The SMILES string of the molecule is CC(=NCc1ccccc1O)/C(C)=N/O. The number of para-hydroxylation sites is 1. The highest BCUT2D eigenvalue weighted by Gasteiger charge is 2.00. The van der Waals surface area contributed by atoms with Crippen LogP contribution in [0.25, 0.3) is 0 Å². The van der Waals surface area contributed by atoms with Crippen LogP contribution in [0.3, 0.4) is 0 Å². The van der Waals surface area contributed by atoms with E-state index >= 15 is 0 Å². The minimum atomic E-state index is 0.229. The molecule has 4 nitrogen and oxygen atoms in total. The van der Waals surface area contributed by atoms with Crippen LogP contribution in [0.15, 0.2) is 34.4 Å². The van der Waals surface area contributed by atoms with Crippen LogP contribution in [0.2, 0.25) is 0 Å². The van der Waals surface area contributed by atoms with Gasteiger partial charge in [-0.2, -0.15) is 0 Å². The molecule has 0 heterocycles. The molecule has 0 aromatic heterocycles. The van der Waals surface area contributed by atoms with Crippen molar-refractivity contribution in [1.82, 2.24) is 0 Å². The molecule has 0 saturated heterocycles. The van der Waals surface area contributed by atoms with Gasteiger partial charge in [0.05, 0.1) is 18.0 Å². The third kappa shape index (κ3) is 3.09. The van der Waals surface area contributed by atoms with Crippen molar-refractivity contribution in [3.05, 3.63) is 29.8 Å². The molecular weight excluding hydrogens is 192 g/mol. The highest BCUT2D eigenvalue weighted by atomic mass is 16.4. The van der Waals surface area contributed by atoms with Crippen LogP contribution in [0.1, 0.15) is 19.4 Å². The molecule has 0 aliphatic rings. The number of hydrogen-bond acceptors (Lipinski definition) is 4. The van der Waals surface area contributed by atoms with Crippen LogP contribution < -0.4 is 0 Å². The molecule has 0 aliphatic carbocycles. The molecule has 4 heteroatoms. The zero-order chi connectivity index (χ0) is 11.3. The molecule has 0 aliphatic heterocycles. The molecule has 1 aromatic rings. The normalized spacial score (nSPS) is 12.9. The minimum Gasteiger partial charge on any atom is -0.508 e. The fraction of sp³-hybridized carbons (Fsp3) is 0.273. The Kier molecular flexibility index (Phi) is 3.85. The predicted octanol–water partition coefficient (Wildman–Crippen LogP) is 2.20.